The highest BCUT2D eigenvalue weighted by atomic mass is 32.2. The van der Waals surface area contributed by atoms with Gasteiger partial charge in [0.2, 0.25) is 10.0 Å². The maximum atomic E-state index is 13.0. The number of rotatable bonds is 10. The lowest BCUT2D eigenvalue weighted by molar-refractivity contribution is 0.102. The molecule has 1 heterocycles. The van der Waals surface area contributed by atoms with E-state index in [2.05, 4.69) is 24.1 Å². The Kier molecular flexibility index (Phi) is 8.02. The third kappa shape index (κ3) is 5.47. The van der Waals surface area contributed by atoms with Crippen LogP contribution in [0.4, 0.5) is 5.13 Å². The second-order valence-electron chi connectivity index (χ2n) is 7.69. The summed E-state index contributed by atoms with van der Waals surface area (Å²) in [4.78, 5) is 18.6. The fourth-order valence-electron chi connectivity index (χ4n) is 3.52. The molecule has 0 bridgehead atoms. The maximum Gasteiger partial charge on any atom is 0.257 e. The van der Waals surface area contributed by atoms with Crippen LogP contribution in [-0.2, 0) is 22.9 Å². The summed E-state index contributed by atoms with van der Waals surface area (Å²) in [6, 6.07) is 6.21. The van der Waals surface area contributed by atoms with Crippen molar-refractivity contribution in [3.05, 3.63) is 40.4 Å². The number of nitrogens with zero attached hydrogens (tertiary/aromatic N) is 2. The molecule has 0 spiro atoms. The summed E-state index contributed by atoms with van der Waals surface area (Å²) in [6.45, 7) is 5.15. The van der Waals surface area contributed by atoms with Crippen molar-refractivity contribution in [1.82, 2.24) is 9.29 Å². The quantitative estimate of drug-likeness (QED) is 0.561. The predicted octanol–water partition coefficient (Wildman–Crippen LogP) is 4.87. The van der Waals surface area contributed by atoms with Crippen LogP contribution in [0.5, 0.6) is 0 Å². The molecule has 1 N–H and O–H groups in total. The molecule has 0 radical (unpaired) electrons. The number of benzene rings is 1. The number of anilines is 1. The Bertz CT molecular complexity index is 921. The van der Waals surface area contributed by atoms with Gasteiger partial charge in [-0.2, -0.15) is 4.31 Å². The number of hydrogen-bond acceptors (Lipinski definition) is 5. The number of amides is 1. The second-order valence-corrected chi connectivity index (χ2v) is 10.7. The molecule has 1 amide bonds. The number of unbranched alkanes of at least 4 members (excludes halogenated alkanes) is 2. The van der Waals surface area contributed by atoms with Crippen LogP contribution in [0.25, 0.3) is 0 Å². The minimum Gasteiger partial charge on any atom is -0.298 e. The Hall–Kier alpha value is -1.77. The van der Waals surface area contributed by atoms with Gasteiger partial charge in [0.1, 0.15) is 0 Å². The normalized spacial score (nSPS) is 14.0. The van der Waals surface area contributed by atoms with Gasteiger partial charge in [-0.3, -0.25) is 10.1 Å². The maximum absolute atomic E-state index is 13.0. The molecule has 1 aliphatic carbocycles. The molecule has 0 saturated carbocycles. The van der Waals surface area contributed by atoms with Gasteiger partial charge in [-0.25, -0.2) is 13.4 Å². The highest BCUT2D eigenvalue weighted by Gasteiger charge is 2.24. The van der Waals surface area contributed by atoms with Gasteiger partial charge in [-0.15, -0.1) is 11.3 Å². The Labute approximate surface area is 183 Å². The van der Waals surface area contributed by atoms with Crippen molar-refractivity contribution in [2.24, 2.45) is 0 Å². The van der Waals surface area contributed by atoms with E-state index in [9.17, 15) is 13.2 Å². The first-order valence-corrected chi connectivity index (χ1v) is 13.1. The molecular weight excluding hydrogens is 418 g/mol. The molecular formula is C22H31N3O3S2. The molecule has 0 fully saturated rings. The first-order valence-electron chi connectivity index (χ1n) is 10.9. The van der Waals surface area contributed by atoms with E-state index < -0.39 is 10.0 Å². The van der Waals surface area contributed by atoms with Gasteiger partial charge in [0.15, 0.2) is 5.13 Å². The van der Waals surface area contributed by atoms with Gasteiger partial charge in [0.05, 0.1) is 10.6 Å². The third-order valence-corrected chi connectivity index (χ3v) is 8.33. The summed E-state index contributed by atoms with van der Waals surface area (Å²) in [7, 11) is -3.56. The van der Waals surface area contributed by atoms with Gasteiger partial charge in [0, 0.05) is 23.5 Å². The highest BCUT2D eigenvalue weighted by Crippen LogP contribution is 2.29. The SMILES string of the molecule is CCCCN(CCCC)S(=O)(=O)c1ccc(C(=O)Nc2nc3c(s2)CCCC3)cc1. The number of hydrogen-bond donors (Lipinski definition) is 1. The smallest absolute Gasteiger partial charge is 0.257 e. The Morgan fingerprint density at radius 2 is 1.70 bits per heavy atom. The highest BCUT2D eigenvalue weighted by molar-refractivity contribution is 7.89. The molecule has 8 heteroatoms. The fourth-order valence-corrected chi connectivity index (χ4v) is 6.09. The molecule has 1 aromatic heterocycles. The zero-order valence-corrected chi connectivity index (χ0v) is 19.4. The van der Waals surface area contributed by atoms with E-state index in [0.717, 1.165) is 50.6 Å². The topological polar surface area (TPSA) is 79.4 Å². The van der Waals surface area contributed by atoms with Crippen molar-refractivity contribution in [2.45, 2.75) is 70.1 Å². The minimum atomic E-state index is -3.56. The zero-order chi connectivity index (χ0) is 21.6. The van der Waals surface area contributed by atoms with Gasteiger partial charge in [-0.1, -0.05) is 26.7 Å². The van der Waals surface area contributed by atoms with Gasteiger partial charge in [-0.05, 0) is 62.8 Å². The third-order valence-electron chi connectivity index (χ3n) is 5.34. The van der Waals surface area contributed by atoms with Crippen molar-refractivity contribution < 1.29 is 13.2 Å². The molecule has 164 valence electrons. The average molecular weight is 450 g/mol. The molecule has 0 unspecified atom stereocenters. The number of carbonyl (C=O) groups is 1. The van der Waals surface area contributed by atoms with Gasteiger partial charge < -0.3 is 0 Å². The molecule has 0 aliphatic heterocycles. The van der Waals surface area contributed by atoms with Crippen LogP contribution >= 0.6 is 11.3 Å². The number of fused-ring (bicyclic) bond motifs is 1. The van der Waals surface area contributed by atoms with Crippen LogP contribution in [0, 0.1) is 0 Å². The Morgan fingerprint density at radius 1 is 1.07 bits per heavy atom. The van der Waals surface area contributed by atoms with Crippen LogP contribution in [-0.4, -0.2) is 36.7 Å². The fraction of sp³-hybridized carbons (Fsp3) is 0.545. The molecule has 0 atom stereocenters. The van der Waals surface area contributed by atoms with Crippen molar-refractivity contribution in [3.8, 4) is 0 Å². The molecule has 0 saturated heterocycles. The molecule has 30 heavy (non-hydrogen) atoms. The predicted molar refractivity (Wildman–Crippen MR) is 122 cm³/mol. The van der Waals surface area contributed by atoms with Crippen molar-refractivity contribution in [2.75, 3.05) is 18.4 Å². The molecule has 2 aromatic rings. The standard InChI is InChI=1S/C22H31N3O3S2/c1-3-5-15-25(16-6-4-2)30(27,28)18-13-11-17(12-14-18)21(26)24-22-23-19-9-7-8-10-20(19)29-22/h11-14H,3-10,15-16H2,1-2H3,(H,23,24,26). The largest absolute Gasteiger partial charge is 0.298 e. The van der Waals surface area contributed by atoms with Crippen LogP contribution in [0.2, 0.25) is 0 Å². The Balaban J connectivity index is 1.70. The first-order chi connectivity index (χ1) is 14.5. The van der Waals surface area contributed by atoms with E-state index in [1.165, 1.54) is 34.8 Å². The summed E-state index contributed by atoms with van der Waals surface area (Å²) >= 11 is 1.54. The lowest BCUT2D eigenvalue weighted by Gasteiger charge is -2.22. The lowest BCUT2D eigenvalue weighted by Crippen LogP contribution is -2.33. The van der Waals surface area contributed by atoms with Crippen LogP contribution < -0.4 is 5.32 Å². The van der Waals surface area contributed by atoms with Crippen molar-refractivity contribution in [3.63, 3.8) is 0 Å². The average Bonchev–Trinajstić information content (AvgIpc) is 3.16. The van der Waals surface area contributed by atoms with Crippen LogP contribution in [0.15, 0.2) is 29.2 Å². The van der Waals surface area contributed by atoms with E-state index in [1.54, 1.807) is 16.4 Å². The van der Waals surface area contributed by atoms with Gasteiger partial charge >= 0.3 is 0 Å². The zero-order valence-electron chi connectivity index (χ0n) is 17.8. The number of thiazole rings is 1. The van der Waals surface area contributed by atoms with E-state index in [-0.39, 0.29) is 10.8 Å². The minimum absolute atomic E-state index is 0.232. The van der Waals surface area contributed by atoms with Gasteiger partial charge in [0.25, 0.3) is 5.91 Å². The number of aryl methyl sites for hydroxylation is 2. The second kappa shape index (κ2) is 10.5. The van der Waals surface area contributed by atoms with Crippen LogP contribution in [0.1, 0.15) is 73.3 Å². The monoisotopic (exact) mass is 449 g/mol. The first kappa shape index (κ1) is 22.9. The summed E-state index contributed by atoms with van der Waals surface area (Å²) in [6.07, 6.45) is 7.87. The molecule has 1 aromatic carbocycles. The molecule has 3 rings (SSSR count). The number of carbonyl (C=O) groups excluding carboxylic acids is 1. The van der Waals surface area contributed by atoms with Crippen LogP contribution in [0.3, 0.4) is 0 Å². The summed E-state index contributed by atoms with van der Waals surface area (Å²) in [5.41, 5.74) is 1.53. The summed E-state index contributed by atoms with van der Waals surface area (Å²) in [5, 5.41) is 3.48. The van der Waals surface area contributed by atoms with E-state index in [4.69, 9.17) is 0 Å². The van der Waals surface area contributed by atoms with Crippen molar-refractivity contribution >= 4 is 32.4 Å². The summed E-state index contributed by atoms with van der Waals surface area (Å²) in [5.74, 6) is -0.265. The Morgan fingerprint density at radius 3 is 2.30 bits per heavy atom. The molecule has 1 aliphatic rings. The van der Waals surface area contributed by atoms with Crippen molar-refractivity contribution in [1.29, 1.82) is 0 Å². The van der Waals surface area contributed by atoms with E-state index in [1.807, 2.05) is 0 Å². The number of sulfonamides is 1. The van der Waals surface area contributed by atoms with E-state index >= 15 is 0 Å². The number of aromatic nitrogens is 1. The number of nitrogens with one attached hydrogen (secondary N) is 1. The summed E-state index contributed by atoms with van der Waals surface area (Å²) < 4.78 is 27.7. The lowest BCUT2D eigenvalue weighted by atomic mass is 10.0. The molecule has 6 nitrogen and oxygen atoms in total. The van der Waals surface area contributed by atoms with E-state index in [0.29, 0.717) is 23.8 Å².